The van der Waals surface area contributed by atoms with Gasteiger partial charge in [0.15, 0.2) is 0 Å². The monoisotopic (exact) mass is 375 g/mol. The second-order valence-electron chi connectivity index (χ2n) is 6.47. The summed E-state index contributed by atoms with van der Waals surface area (Å²) in [5.74, 6) is 0.455. The van der Waals surface area contributed by atoms with Crippen molar-refractivity contribution in [2.75, 3.05) is 5.32 Å². The van der Waals surface area contributed by atoms with Crippen molar-refractivity contribution in [2.45, 2.75) is 6.04 Å². The second kappa shape index (κ2) is 6.25. The van der Waals surface area contributed by atoms with E-state index in [1.54, 1.807) is 6.07 Å². The predicted octanol–water partition coefficient (Wildman–Crippen LogP) is 5.88. The third kappa shape index (κ3) is 2.69. The lowest BCUT2D eigenvalue weighted by Crippen LogP contribution is -2.19. The Kier molecular flexibility index (Phi) is 3.73. The number of anilines is 1. The number of aromatic nitrogens is 2. The molecule has 2 heterocycles. The highest BCUT2D eigenvalue weighted by Gasteiger charge is 2.26. The maximum Gasteiger partial charge on any atom is 0.209 e. The number of para-hydroxylation sites is 2. The van der Waals surface area contributed by atoms with Gasteiger partial charge in [-0.2, -0.15) is 0 Å². The summed E-state index contributed by atoms with van der Waals surface area (Å²) >= 11 is 6.02. The van der Waals surface area contributed by atoms with Crippen molar-refractivity contribution in [1.29, 1.82) is 0 Å². The highest BCUT2D eigenvalue weighted by molar-refractivity contribution is 6.30. The van der Waals surface area contributed by atoms with Crippen molar-refractivity contribution >= 4 is 34.3 Å². The first kappa shape index (κ1) is 16.1. The number of benzene rings is 3. The Morgan fingerprint density at radius 2 is 1.67 bits per heavy atom. The van der Waals surface area contributed by atoms with Crippen LogP contribution in [0.5, 0.6) is 0 Å². The van der Waals surface area contributed by atoms with Crippen LogP contribution in [0.1, 0.15) is 17.2 Å². The van der Waals surface area contributed by atoms with Crippen molar-refractivity contribution < 1.29 is 4.39 Å². The number of nitrogens with one attached hydrogen (secondary N) is 1. The summed E-state index contributed by atoms with van der Waals surface area (Å²) in [6, 6.07) is 22.0. The molecular weight excluding hydrogens is 361 g/mol. The van der Waals surface area contributed by atoms with Crippen LogP contribution in [0.4, 0.5) is 10.3 Å². The molecule has 1 aromatic heterocycles. The SMILES string of the molecule is Fc1ccccc1[C@@H]1C=C(c2ccc(Cl)cc2)Nc2nc3ccccc3n21. The van der Waals surface area contributed by atoms with Gasteiger partial charge in [-0.05, 0) is 42.0 Å². The molecule has 4 aromatic rings. The summed E-state index contributed by atoms with van der Waals surface area (Å²) < 4.78 is 16.7. The topological polar surface area (TPSA) is 29.9 Å². The lowest BCUT2D eigenvalue weighted by Gasteiger charge is -2.27. The molecule has 0 aliphatic carbocycles. The van der Waals surface area contributed by atoms with Crippen LogP contribution in [0.3, 0.4) is 0 Å². The van der Waals surface area contributed by atoms with Crippen LogP contribution in [0.2, 0.25) is 5.02 Å². The molecule has 5 rings (SSSR count). The van der Waals surface area contributed by atoms with E-state index < -0.39 is 0 Å². The molecular formula is C22H15ClFN3. The normalized spacial score (nSPS) is 15.9. The molecule has 5 heteroatoms. The Hall–Kier alpha value is -3.11. The number of fused-ring (bicyclic) bond motifs is 3. The molecule has 0 bridgehead atoms. The molecule has 0 unspecified atom stereocenters. The molecule has 0 saturated carbocycles. The standard InChI is InChI=1S/C22H15ClFN3/c23-15-11-9-14(10-12-15)19-13-21(16-5-1-2-6-17(16)24)27-20-8-4-3-7-18(20)25-22(27)26-19/h1-13,21H,(H,25,26)/t21-/m0/s1. The van der Waals surface area contributed by atoms with Gasteiger partial charge in [0.1, 0.15) is 5.82 Å². The second-order valence-corrected chi connectivity index (χ2v) is 6.91. The summed E-state index contributed by atoms with van der Waals surface area (Å²) in [6.07, 6.45) is 2.03. The van der Waals surface area contributed by atoms with Gasteiger partial charge in [-0.15, -0.1) is 0 Å². The molecule has 1 N–H and O–H groups in total. The summed E-state index contributed by atoms with van der Waals surface area (Å²) in [4.78, 5) is 4.71. The van der Waals surface area contributed by atoms with Crippen LogP contribution < -0.4 is 5.32 Å². The fourth-order valence-electron chi connectivity index (χ4n) is 3.55. The van der Waals surface area contributed by atoms with Gasteiger partial charge in [-0.3, -0.25) is 4.57 Å². The van der Waals surface area contributed by atoms with Crippen molar-refractivity contribution in [2.24, 2.45) is 0 Å². The number of imidazole rings is 1. The zero-order chi connectivity index (χ0) is 18.4. The van der Waals surface area contributed by atoms with E-state index in [1.807, 2.05) is 71.3 Å². The van der Waals surface area contributed by atoms with Gasteiger partial charge in [-0.25, -0.2) is 9.37 Å². The molecule has 0 amide bonds. The molecule has 1 aliphatic heterocycles. The Labute approximate surface area is 160 Å². The molecule has 0 fully saturated rings. The lowest BCUT2D eigenvalue weighted by atomic mass is 10.0. The predicted molar refractivity (Wildman–Crippen MR) is 107 cm³/mol. The van der Waals surface area contributed by atoms with Crippen molar-refractivity contribution in [3.63, 3.8) is 0 Å². The van der Waals surface area contributed by atoms with Gasteiger partial charge in [0.05, 0.1) is 17.1 Å². The summed E-state index contributed by atoms with van der Waals surface area (Å²) in [6.45, 7) is 0. The van der Waals surface area contributed by atoms with Crippen molar-refractivity contribution in [3.8, 4) is 0 Å². The third-order valence-corrected chi connectivity index (χ3v) is 5.08. The molecule has 1 aliphatic rings. The first-order valence-corrected chi connectivity index (χ1v) is 9.05. The molecule has 27 heavy (non-hydrogen) atoms. The van der Waals surface area contributed by atoms with Crippen LogP contribution in [0, 0.1) is 5.82 Å². The molecule has 1 atom stereocenters. The van der Waals surface area contributed by atoms with Gasteiger partial charge in [0.2, 0.25) is 5.95 Å². The number of rotatable bonds is 2. The minimum absolute atomic E-state index is 0.236. The minimum Gasteiger partial charge on any atom is -0.325 e. The van der Waals surface area contributed by atoms with Gasteiger partial charge in [0.25, 0.3) is 0 Å². The van der Waals surface area contributed by atoms with E-state index in [1.165, 1.54) is 6.07 Å². The van der Waals surface area contributed by atoms with Crippen LogP contribution >= 0.6 is 11.6 Å². The average Bonchev–Trinajstić information content (AvgIpc) is 3.07. The van der Waals surface area contributed by atoms with Crippen LogP contribution in [-0.4, -0.2) is 9.55 Å². The van der Waals surface area contributed by atoms with E-state index >= 15 is 0 Å². The molecule has 0 radical (unpaired) electrons. The molecule has 3 aromatic carbocycles. The van der Waals surface area contributed by atoms with Gasteiger partial charge < -0.3 is 5.32 Å². The first-order valence-electron chi connectivity index (χ1n) is 8.67. The summed E-state index contributed by atoms with van der Waals surface area (Å²) in [5.41, 5.74) is 4.28. The lowest BCUT2D eigenvalue weighted by molar-refractivity contribution is 0.583. The Morgan fingerprint density at radius 1 is 0.926 bits per heavy atom. The zero-order valence-corrected chi connectivity index (χ0v) is 15.0. The quantitative estimate of drug-likeness (QED) is 0.473. The van der Waals surface area contributed by atoms with E-state index in [9.17, 15) is 4.39 Å². The van der Waals surface area contributed by atoms with Crippen LogP contribution in [-0.2, 0) is 0 Å². The molecule has 0 spiro atoms. The minimum atomic E-state index is -0.305. The van der Waals surface area contributed by atoms with E-state index in [-0.39, 0.29) is 11.9 Å². The van der Waals surface area contributed by atoms with Crippen LogP contribution in [0.25, 0.3) is 16.7 Å². The molecule has 132 valence electrons. The summed E-state index contributed by atoms with van der Waals surface area (Å²) in [5, 5.41) is 4.06. The van der Waals surface area contributed by atoms with Gasteiger partial charge in [0, 0.05) is 16.3 Å². The molecule has 3 nitrogen and oxygen atoms in total. The van der Waals surface area contributed by atoms with Crippen LogP contribution in [0.15, 0.2) is 78.9 Å². The number of allylic oxidation sites excluding steroid dienone is 1. The smallest absolute Gasteiger partial charge is 0.209 e. The van der Waals surface area contributed by atoms with Gasteiger partial charge in [-0.1, -0.05) is 54.1 Å². The number of nitrogens with zero attached hydrogens (tertiary/aromatic N) is 2. The Bertz CT molecular complexity index is 1180. The molecule has 0 saturated heterocycles. The maximum atomic E-state index is 14.7. The average molecular weight is 376 g/mol. The highest BCUT2D eigenvalue weighted by Crippen LogP contribution is 2.37. The fourth-order valence-corrected chi connectivity index (χ4v) is 3.68. The maximum absolute atomic E-state index is 14.7. The van der Waals surface area contributed by atoms with E-state index in [2.05, 4.69) is 5.32 Å². The third-order valence-electron chi connectivity index (χ3n) is 4.82. The number of hydrogen-bond donors (Lipinski definition) is 1. The van der Waals surface area contributed by atoms with Crippen molar-refractivity contribution in [1.82, 2.24) is 9.55 Å². The number of halogens is 2. The first-order chi connectivity index (χ1) is 13.2. The Morgan fingerprint density at radius 3 is 2.48 bits per heavy atom. The summed E-state index contributed by atoms with van der Waals surface area (Å²) in [7, 11) is 0. The number of hydrogen-bond acceptors (Lipinski definition) is 2. The van der Waals surface area contributed by atoms with E-state index in [4.69, 9.17) is 16.6 Å². The fraction of sp³-hybridized carbons (Fsp3) is 0.0455. The van der Waals surface area contributed by atoms with Crippen molar-refractivity contribution in [3.05, 3.63) is 101 Å². The van der Waals surface area contributed by atoms with E-state index in [0.717, 1.165) is 22.3 Å². The van der Waals surface area contributed by atoms with E-state index in [0.29, 0.717) is 16.5 Å². The van der Waals surface area contributed by atoms with Gasteiger partial charge >= 0.3 is 0 Å². The largest absolute Gasteiger partial charge is 0.325 e. The zero-order valence-electron chi connectivity index (χ0n) is 14.2. The Balaban J connectivity index is 1.74. The highest BCUT2D eigenvalue weighted by atomic mass is 35.5.